The van der Waals surface area contributed by atoms with E-state index < -0.39 is 11.7 Å². The van der Waals surface area contributed by atoms with Crippen molar-refractivity contribution in [2.75, 3.05) is 36.4 Å². The summed E-state index contributed by atoms with van der Waals surface area (Å²) in [7, 11) is 0. The molecule has 0 spiro atoms. The summed E-state index contributed by atoms with van der Waals surface area (Å²) >= 11 is 5.33. The maximum Gasteiger partial charge on any atom is 0.416 e. The highest BCUT2D eigenvalue weighted by atomic mass is 32.1. The highest BCUT2D eigenvalue weighted by molar-refractivity contribution is 7.80. The summed E-state index contributed by atoms with van der Waals surface area (Å²) in [6.07, 6.45) is -0.996. The molecular weight excluding hydrogens is 351 g/mol. The van der Waals surface area contributed by atoms with Crippen molar-refractivity contribution in [3.63, 3.8) is 0 Å². The van der Waals surface area contributed by atoms with Crippen molar-refractivity contribution >= 4 is 29.0 Å². The topological polar surface area (TPSA) is 44.3 Å². The summed E-state index contributed by atoms with van der Waals surface area (Å²) < 4.78 is 38.3. The van der Waals surface area contributed by atoms with Crippen LogP contribution in [0.15, 0.2) is 42.7 Å². The molecule has 0 amide bonds. The molecule has 9 heteroatoms. The van der Waals surface area contributed by atoms with E-state index in [0.29, 0.717) is 42.9 Å². The van der Waals surface area contributed by atoms with Gasteiger partial charge in [-0.25, -0.2) is 9.97 Å². The number of rotatable bonds is 2. The molecule has 1 aromatic heterocycles. The fourth-order valence-electron chi connectivity index (χ4n) is 2.54. The Morgan fingerprint density at radius 1 is 1.04 bits per heavy atom. The highest BCUT2D eigenvalue weighted by Gasteiger charge is 2.30. The predicted molar refractivity (Wildman–Crippen MR) is 93.5 cm³/mol. The van der Waals surface area contributed by atoms with Gasteiger partial charge in [0.2, 0.25) is 5.95 Å². The van der Waals surface area contributed by atoms with Crippen LogP contribution in [0.5, 0.6) is 0 Å². The Balaban J connectivity index is 1.58. The standard InChI is InChI=1S/C16H16F3N5S/c17-16(18,19)12-3-1-4-13(11-12)22-15(25)24-9-7-23(8-10-24)14-20-5-2-6-21-14/h1-6,11H,7-10H2,(H,22,25). The van der Waals surface area contributed by atoms with Gasteiger partial charge in [-0.15, -0.1) is 0 Å². The Morgan fingerprint density at radius 2 is 1.72 bits per heavy atom. The van der Waals surface area contributed by atoms with E-state index in [9.17, 15) is 13.2 Å². The molecule has 1 fully saturated rings. The predicted octanol–water partition coefficient (Wildman–Crippen LogP) is 3.01. The summed E-state index contributed by atoms with van der Waals surface area (Å²) in [6.45, 7) is 2.66. The average Bonchev–Trinajstić information content (AvgIpc) is 2.62. The number of anilines is 2. The van der Waals surface area contributed by atoms with Crippen LogP contribution >= 0.6 is 12.2 Å². The summed E-state index contributed by atoms with van der Waals surface area (Å²) in [4.78, 5) is 12.4. The number of aromatic nitrogens is 2. The lowest BCUT2D eigenvalue weighted by atomic mass is 10.2. The maximum absolute atomic E-state index is 12.8. The SMILES string of the molecule is FC(F)(F)c1cccc(NC(=S)N2CCN(c3ncccn3)CC2)c1. The van der Waals surface area contributed by atoms with Gasteiger partial charge in [-0.05, 0) is 36.5 Å². The second-order valence-electron chi connectivity index (χ2n) is 5.53. The van der Waals surface area contributed by atoms with E-state index >= 15 is 0 Å². The smallest absolute Gasteiger partial charge is 0.345 e. The second kappa shape index (κ2) is 7.22. The van der Waals surface area contributed by atoms with E-state index in [0.717, 1.165) is 12.1 Å². The van der Waals surface area contributed by atoms with Gasteiger partial charge in [0.15, 0.2) is 5.11 Å². The van der Waals surface area contributed by atoms with Crippen LogP contribution in [0.3, 0.4) is 0 Å². The third kappa shape index (κ3) is 4.36. The first-order valence-electron chi connectivity index (χ1n) is 7.68. The Labute approximate surface area is 148 Å². The monoisotopic (exact) mass is 367 g/mol. The molecule has 2 aromatic rings. The van der Waals surface area contributed by atoms with Crippen molar-refractivity contribution < 1.29 is 13.2 Å². The van der Waals surface area contributed by atoms with Gasteiger partial charge in [0.1, 0.15) is 0 Å². The summed E-state index contributed by atoms with van der Waals surface area (Å²) in [5, 5.41) is 3.30. The molecule has 1 aliphatic heterocycles. The van der Waals surface area contributed by atoms with Crippen molar-refractivity contribution in [1.29, 1.82) is 0 Å². The molecule has 0 radical (unpaired) electrons. The van der Waals surface area contributed by atoms with Crippen LogP contribution < -0.4 is 10.2 Å². The number of hydrogen-bond acceptors (Lipinski definition) is 4. The molecule has 5 nitrogen and oxygen atoms in total. The Bertz CT molecular complexity index is 730. The highest BCUT2D eigenvalue weighted by Crippen LogP contribution is 2.30. The summed E-state index contributed by atoms with van der Waals surface area (Å²) in [5.74, 6) is 0.666. The number of halogens is 3. The zero-order valence-electron chi connectivity index (χ0n) is 13.2. The van der Waals surface area contributed by atoms with Gasteiger partial charge >= 0.3 is 6.18 Å². The fraction of sp³-hybridized carbons (Fsp3) is 0.312. The molecule has 1 aromatic carbocycles. The zero-order chi connectivity index (χ0) is 17.9. The van der Waals surface area contributed by atoms with Gasteiger partial charge in [-0.3, -0.25) is 0 Å². The Morgan fingerprint density at radius 3 is 2.36 bits per heavy atom. The maximum atomic E-state index is 12.8. The summed E-state index contributed by atoms with van der Waals surface area (Å²) in [6, 6.07) is 6.77. The van der Waals surface area contributed by atoms with Gasteiger partial charge in [-0.1, -0.05) is 6.07 Å². The van der Waals surface area contributed by atoms with Gasteiger partial charge in [-0.2, -0.15) is 13.2 Å². The normalized spacial score (nSPS) is 15.2. The summed E-state index contributed by atoms with van der Waals surface area (Å²) in [5.41, 5.74) is -0.375. The van der Waals surface area contributed by atoms with E-state index in [1.165, 1.54) is 6.07 Å². The lowest BCUT2D eigenvalue weighted by molar-refractivity contribution is -0.137. The molecule has 0 bridgehead atoms. The minimum Gasteiger partial charge on any atom is -0.345 e. The third-order valence-electron chi connectivity index (χ3n) is 3.84. The number of thiocarbonyl (C=S) groups is 1. The van der Waals surface area contributed by atoms with Crippen LogP contribution in [-0.2, 0) is 6.18 Å². The van der Waals surface area contributed by atoms with E-state index in [-0.39, 0.29) is 0 Å². The molecule has 0 unspecified atom stereocenters. The number of piperazine rings is 1. The van der Waals surface area contributed by atoms with E-state index in [1.807, 2.05) is 9.80 Å². The molecule has 25 heavy (non-hydrogen) atoms. The lowest BCUT2D eigenvalue weighted by Crippen LogP contribution is -2.50. The van der Waals surface area contributed by atoms with Crippen LogP contribution in [-0.4, -0.2) is 46.2 Å². The van der Waals surface area contributed by atoms with Crippen molar-refractivity contribution in [1.82, 2.24) is 14.9 Å². The quantitative estimate of drug-likeness (QED) is 0.824. The Kier molecular flexibility index (Phi) is 5.03. The van der Waals surface area contributed by atoms with Crippen molar-refractivity contribution in [2.24, 2.45) is 0 Å². The molecule has 132 valence electrons. The third-order valence-corrected chi connectivity index (χ3v) is 4.20. The number of alkyl halides is 3. The number of nitrogens with one attached hydrogen (secondary N) is 1. The number of benzene rings is 1. The van der Waals surface area contributed by atoms with Crippen molar-refractivity contribution in [3.05, 3.63) is 48.3 Å². The first kappa shape index (κ1) is 17.4. The minimum atomic E-state index is -4.37. The molecular formula is C16H16F3N5S. The first-order chi connectivity index (χ1) is 11.9. The average molecular weight is 367 g/mol. The van der Waals surface area contributed by atoms with E-state index in [1.54, 1.807) is 24.5 Å². The van der Waals surface area contributed by atoms with E-state index in [4.69, 9.17) is 12.2 Å². The molecule has 1 aliphatic rings. The molecule has 0 saturated carbocycles. The van der Waals surface area contributed by atoms with Crippen LogP contribution in [0.1, 0.15) is 5.56 Å². The molecule has 3 rings (SSSR count). The Hall–Kier alpha value is -2.42. The minimum absolute atomic E-state index is 0.327. The van der Waals surface area contributed by atoms with Gasteiger partial charge in [0.05, 0.1) is 5.56 Å². The fourth-order valence-corrected chi connectivity index (χ4v) is 2.84. The van der Waals surface area contributed by atoms with Crippen LogP contribution in [0.25, 0.3) is 0 Å². The zero-order valence-corrected chi connectivity index (χ0v) is 14.0. The molecule has 1 saturated heterocycles. The molecule has 0 aliphatic carbocycles. The largest absolute Gasteiger partial charge is 0.416 e. The van der Waals surface area contributed by atoms with E-state index in [2.05, 4.69) is 15.3 Å². The number of hydrogen-bond donors (Lipinski definition) is 1. The van der Waals surface area contributed by atoms with Crippen LogP contribution in [0.4, 0.5) is 24.8 Å². The molecule has 1 N–H and O–H groups in total. The number of nitrogens with zero attached hydrogens (tertiary/aromatic N) is 4. The first-order valence-corrected chi connectivity index (χ1v) is 8.09. The van der Waals surface area contributed by atoms with Crippen LogP contribution in [0.2, 0.25) is 0 Å². The lowest BCUT2D eigenvalue weighted by Gasteiger charge is -2.36. The molecule has 0 atom stereocenters. The van der Waals surface area contributed by atoms with Crippen molar-refractivity contribution in [2.45, 2.75) is 6.18 Å². The van der Waals surface area contributed by atoms with Gasteiger partial charge in [0.25, 0.3) is 0 Å². The van der Waals surface area contributed by atoms with Gasteiger partial charge in [0, 0.05) is 44.3 Å². The van der Waals surface area contributed by atoms with Gasteiger partial charge < -0.3 is 15.1 Å². The molecule has 2 heterocycles. The van der Waals surface area contributed by atoms with Crippen molar-refractivity contribution in [3.8, 4) is 0 Å². The second-order valence-corrected chi connectivity index (χ2v) is 5.92. The van der Waals surface area contributed by atoms with Crippen LogP contribution in [0, 0.1) is 0 Å².